The highest BCUT2D eigenvalue weighted by molar-refractivity contribution is 6.33. The first-order valence-corrected chi connectivity index (χ1v) is 8.87. The first-order chi connectivity index (χ1) is 12.5. The van der Waals surface area contributed by atoms with Crippen LogP contribution in [0.1, 0.15) is 11.4 Å². The molecule has 0 spiro atoms. The molecule has 2 aromatic heterocycles. The fourth-order valence-electron chi connectivity index (χ4n) is 3.06. The first-order valence-electron chi connectivity index (χ1n) is 8.11. The Kier molecular flexibility index (Phi) is 4.31. The number of aromatic nitrogens is 3. The van der Waals surface area contributed by atoms with Crippen LogP contribution in [0.2, 0.25) is 10.0 Å². The molecule has 4 aromatic rings. The smallest absolute Gasteiger partial charge is 0.180 e. The quantitative estimate of drug-likeness (QED) is 0.369. The van der Waals surface area contributed by atoms with E-state index in [4.69, 9.17) is 23.2 Å². The first kappa shape index (κ1) is 16.9. The molecule has 0 atom stereocenters. The molecular formula is C20H15Cl2N3O. The van der Waals surface area contributed by atoms with Gasteiger partial charge in [0, 0.05) is 22.2 Å². The summed E-state index contributed by atoms with van der Waals surface area (Å²) in [6, 6.07) is 15.2. The zero-order chi connectivity index (χ0) is 18.3. The molecule has 0 aliphatic carbocycles. The predicted molar refractivity (Wildman–Crippen MR) is 104 cm³/mol. The number of fused-ring (bicyclic) bond motifs is 1. The number of hydrogen-bond donors (Lipinski definition) is 0. The molecule has 6 heteroatoms. The Hall–Kier alpha value is -2.56. The third kappa shape index (κ3) is 3.14. The lowest BCUT2D eigenvalue weighted by Crippen LogP contribution is -2.23. The van der Waals surface area contributed by atoms with Crippen LogP contribution in [0.4, 0.5) is 0 Å². The summed E-state index contributed by atoms with van der Waals surface area (Å²) in [4.78, 5) is 4.64. The van der Waals surface area contributed by atoms with Gasteiger partial charge in [0.2, 0.25) is 0 Å². The van der Waals surface area contributed by atoms with E-state index in [0.29, 0.717) is 16.6 Å². The summed E-state index contributed by atoms with van der Waals surface area (Å²) in [5.41, 5.74) is 4.87. The minimum atomic E-state index is 0.584. The number of hydrogen-bond acceptors (Lipinski definition) is 2. The van der Waals surface area contributed by atoms with Crippen LogP contribution in [0.25, 0.3) is 22.2 Å². The van der Waals surface area contributed by atoms with Crippen LogP contribution in [0.3, 0.4) is 0 Å². The van der Waals surface area contributed by atoms with E-state index in [2.05, 4.69) is 15.6 Å². The van der Waals surface area contributed by atoms with Crippen molar-refractivity contribution in [1.82, 2.24) is 9.55 Å². The van der Waals surface area contributed by atoms with Crippen molar-refractivity contribution >= 4 is 34.2 Å². The molecule has 0 bridgehead atoms. The standard InChI is InChI=1S/C20H15Cl2N3O/c1-13-23-19-5-2-15(14-6-8-24(26)9-7-14)11-20(19)25(13)12-16-10-17(21)3-4-18(16)22/h2-11H,12H2,1H3. The Labute approximate surface area is 160 Å². The van der Waals surface area contributed by atoms with Gasteiger partial charge in [-0.15, -0.1) is 0 Å². The van der Waals surface area contributed by atoms with Crippen molar-refractivity contribution in [2.75, 3.05) is 0 Å². The van der Waals surface area contributed by atoms with E-state index in [0.717, 1.165) is 38.3 Å². The third-order valence-corrected chi connectivity index (χ3v) is 5.01. The molecule has 0 saturated heterocycles. The Morgan fingerprint density at radius 1 is 1.00 bits per heavy atom. The van der Waals surface area contributed by atoms with Gasteiger partial charge in [-0.05, 0) is 53.9 Å². The molecule has 0 N–H and O–H groups in total. The number of halogens is 2. The maximum Gasteiger partial charge on any atom is 0.180 e. The van der Waals surface area contributed by atoms with Gasteiger partial charge in [0.05, 0.1) is 17.6 Å². The number of aryl methyl sites for hydroxylation is 1. The molecule has 0 unspecified atom stereocenters. The van der Waals surface area contributed by atoms with Crippen LogP contribution in [-0.2, 0) is 6.54 Å². The fraction of sp³-hybridized carbons (Fsp3) is 0.100. The van der Waals surface area contributed by atoms with Gasteiger partial charge in [0.15, 0.2) is 12.4 Å². The number of nitrogens with zero attached hydrogens (tertiary/aromatic N) is 3. The van der Waals surface area contributed by atoms with Gasteiger partial charge in [0.1, 0.15) is 5.82 Å². The number of imidazole rings is 1. The minimum absolute atomic E-state index is 0.584. The van der Waals surface area contributed by atoms with Crippen molar-refractivity contribution in [2.45, 2.75) is 13.5 Å². The lowest BCUT2D eigenvalue weighted by atomic mass is 10.1. The maximum absolute atomic E-state index is 11.3. The highest BCUT2D eigenvalue weighted by atomic mass is 35.5. The van der Waals surface area contributed by atoms with Crippen molar-refractivity contribution in [3.8, 4) is 11.1 Å². The second-order valence-corrected chi connectivity index (χ2v) is 6.97. The molecular weight excluding hydrogens is 369 g/mol. The number of rotatable bonds is 3. The molecule has 0 radical (unpaired) electrons. The average molecular weight is 384 g/mol. The zero-order valence-electron chi connectivity index (χ0n) is 14.0. The minimum Gasteiger partial charge on any atom is -0.619 e. The second-order valence-electron chi connectivity index (χ2n) is 6.13. The van der Waals surface area contributed by atoms with Crippen LogP contribution < -0.4 is 4.73 Å². The summed E-state index contributed by atoms with van der Waals surface area (Å²) in [6.07, 6.45) is 2.99. The van der Waals surface area contributed by atoms with Crippen molar-refractivity contribution in [1.29, 1.82) is 0 Å². The van der Waals surface area contributed by atoms with E-state index >= 15 is 0 Å². The molecule has 26 heavy (non-hydrogen) atoms. The average Bonchev–Trinajstić information content (AvgIpc) is 2.94. The van der Waals surface area contributed by atoms with Crippen LogP contribution in [0, 0.1) is 12.1 Å². The van der Waals surface area contributed by atoms with E-state index < -0.39 is 0 Å². The summed E-state index contributed by atoms with van der Waals surface area (Å²) >= 11 is 12.5. The molecule has 4 rings (SSSR count). The van der Waals surface area contributed by atoms with Crippen LogP contribution in [0.5, 0.6) is 0 Å². The summed E-state index contributed by atoms with van der Waals surface area (Å²) in [6.45, 7) is 2.56. The fourth-order valence-corrected chi connectivity index (χ4v) is 3.43. The van der Waals surface area contributed by atoms with Gasteiger partial charge in [-0.25, -0.2) is 4.98 Å². The Morgan fingerprint density at radius 3 is 2.54 bits per heavy atom. The Morgan fingerprint density at radius 2 is 1.77 bits per heavy atom. The molecule has 130 valence electrons. The molecule has 4 nitrogen and oxygen atoms in total. The topological polar surface area (TPSA) is 44.8 Å². The summed E-state index contributed by atoms with van der Waals surface area (Å²) in [5, 5.41) is 12.6. The van der Waals surface area contributed by atoms with Gasteiger partial charge in [-0.3, -0.25) is 0 Å². The molecule has 2 aromatic carbocycles. The van der Waals surface area contributed by atoms with Gasteiger partial charge < -0.3 is 9.77 Å². The predicted octanol–water partition coefficient (Wildman–Crippen LogP) is 5.00. The van der Waals surface area contributed by atoms with Gasteiger partial charge in [-0.1, -0.05) is 29.3 Å². The van der Waals surface area contributed by atoms with Crippen molar-refractivity contribution in [3.63, 3.8) is 0 Å². The molecule has 0 aliphatic heterocycles. The molecule has 2 heterocycles. The lowest BCUT2D eigenvalue weighted by molar-refractivity contribution is -0.605. The SMILES string of the molecule is Cc1nc2ccc(-c3cc[n+]([O-])cc3)cc2n1Cc1cc(Cl)ccc1Cl. The highest BCUT2D eigenvalue weighted by Crippen LogP contribution is 2.27. The normalized spacial score (nSPS) is 11.2. The number of pyridine rings is 1. The van der Waals surface area contributed by atoms with Gasteiger partial charge >= 0.3 is 0 Å². The molecule has 0 saturated carbocycles. The van der Waals surface area contributed by atoms with Crippen molar-refractivity contribution in [3.05, 3.63) is 87.6 Å². The van der Waals surface area contributed by atoms with Crippen molar-refractivity contribution in [2.24, 2.45) is 0 Å². The summed E-state index contributed by atoms with van der Waals surface area (Å²) < 4.78 is 2.89. The molecule has 0 amide bonds. The maximum atomic E-state index is 11.3. The number of benzene rings is 2. The van der Waals surface area contributed by atoms with E-state index in [1.165, 1.54) is 12.4 Å². The molecule has 0 fully saturated rings. The second kappa shape index (κ2) is 6.63. The zero-order valence-corrected chi connectivity index (χ0v) is 15.5. The third-order valence-electron chi connectivity index (χ3n) is 4.41. The van der Waals surface area contributed by atoms with E-state index in [-0.39, 0.29) is 0 Å². The van der Waals surface area contributed by atoms with E-state index in [9.17, 15) is 5.21 Å². The lowest BCUT2D eigenvalue weighted by Gasteiger charge is -2.10. The Balaban J connectivity index is 1.81. The van der Waals surface area contributed by atoms with Crippen LogP contribution in [0.15, 0.2) is 60.9 Å². The largest absolute Gasteiger partial charge is 0.619 e. The highest BCUT2D eigenvalue weighted by Gasteiger charge is 2.12. The van der Waals surface area contributed by atoms with Crippen molar-refractivity contribution < 1.29 is 4.73 Å². The van der Waals surface area contributed by atoms with Gasteiger partial charge in [-0.2, -0.15) is 4.73 Å². The summed E-state index contributed by atoms with van der Waals surface area (Å²) in [7, 11) is 0. The molecule has 0 aliphatic rings. The van der Waals surface area contributed by atoms with E-state index in [1.807, 2.05) is 25.1 Å². The van der Waals surface area contributed by atoms with Crippen LogP contribution in [-0.4, -0.2) is 9.55 Å². The van der Waals surface area contributed by atoms with Gasteiger partial charge in [0.25, 0.3) is 0 Å². The van der Waals surface area contributed by atoms with E-state index in [1.54, 1.807) is 24.3 Å². The van der Waals surface area contributed by atoms with Crippen LogP contribution >= 0.6 is 23.2 Å². The Bertz CT molecular complexity index is 1100. The summed E-state index contributed by atoms with van der Waals surface area (Å²) in [5.74, 6) is 0.902. The monoisotopic (exact) mass is 383 g/mol.